The van der Waals surface area contributed by atoms with Crippen molar-refractivity contribution in [2.45, 2.75) is 13.8 Å². The topological polar surface area (TPSA) is 75.6 Å². The Morgan fingerprint density at radius 2 is 2.18 bits per heavy atom. The number of carbonyl (C=O) groups is 2. The van der Waals surface area contributed by atoms with Gasteiger partial charge in [-0.05, 0) is 0 Å². The summed E-state index contributed by atoms with van der Waals surface area (Å²) in [7, 11) is 0. The molecule has 1 amide bonds. The Balaban J connectivity index is 4.02. The molecule has 0 unspecified atom stereocenters. The number of alkyl carbamates (subject to hydrolysis) is 1. The molecule has 2 N–H and O–H groups in total. The van der Waals surface area contributed by atoms with Gasteiger partial charge in [0.25, 0.3) is 0 Å². The van der Waals surface area contributed by atoms with Crippen LogP contribution in [0.15, 0.2) is 12.7 Å². The van der Waals surface area contributed by atoms with Crippen LogP contribution in [-0.4, -0.2) is 41.8 Å². The van der Waals surface area contributed by atoms with Gasteiger partial charge in [-0.25, -0.2) is 4.79 Å². The zero-order valence-corrected chi connectivity index (χ0v) is 11.0. The van der Waals surface area contributed by atoms with Crippen LogP contribution in [-0.2, 0) is 9.53 Å². The van der Waals surface area contributed by atoms with Crippen LogP contribution >= 0.6 is 11.8 Å². The molecule has 0 aromatic rings. The number of amides is 1. The largest absolute Gasteiger partial charge is 0.445 e. The highest BCUT2D eigenvalue weighted by molar-refractivity contribution is 8.13. The van der Waals surface area contributed by atoms with Gasteiger partial charge in [-0.1, -0.05) is 38.3 Å². The molecule has 0 aromatic carbocycles. The molecule has 0 aliphatic rings. The quantitative estimate of drug-likeness (QED) is 0.673. The molecular formula is C11H19NO4S. The van der Waals surface area contributed by atoms with Gasteiger partial charge in [0.2, 0.25) is 0 Å². The summed E-state index contributed by atoms with van der Waals surface area (Å²) in [5.74, 6) is 0.364. The average Bonchev–Trinajstić information content (AvgIpc) is 2.30. The van der Waals surface area contributed by atoms with Crippen molar-refractivity contribution in [1.82, 2.24) is 5.32 Å². The van der Waals surface area contributed by atoms with Crippen molar-refractivity contribution < 1.29 is 19.4 Å². The van der Waals surface area contributed by atoms with E-state index in [2.05, 4.69) is 11.9 Å². The standard InChI is InChI=1S/C11H19NO4S/c1-4-6-16-10(15)12-8-11(2,3)9(14)17-7-5-13/h4,13H,1,5-8H2,2-3H3,(H,12,15). The van der Waals surface area contributed by atoms with E-state index in [-0.39, 0.29) is 24.9 Å². The zero-order valence-electron chi connectivity index (χ0n) is 10.2. The molecule has 0 fully saturated rings. The van der Waals surface area contributed by atoms with Crippen LogP contribution in [0.1, 0.15) is 13.8 Å². The number of hydrogen-bond acceptors (Lipinski definition) is 5. The normalized spacial score (nSPS) is 10.8. The summed E-state index contributed by atoms with van der Waals surface area (Å²) in [4.78, 5) is 22.8. The Kier molecular flexibility index (Phi) is 7.65. The van der Waals surface area contributed by atoms with Gasteiger partial charge in [0.05, 0.1) is 12.0 Å². The fourth-order valence-electron chi connectivity index (χ4n) is 0.885. The lowest BCUT2D eigenvalue weighted by Gasteiger charge is -2.22. The van der Waals surface area contributed by atoms with E-state index in [0.717, 1.165) is 11.8 Å². The van der Waals surface area contributed by atoms with E-state index >= 15 is 0 Å². The van der Waals surface area contributed by atoms with Gasteiger partial charge in [0, 0.05) is 12.3 Å². The molecule has 0 aliphatic carbocycles. The van der Waals surface area contributed by atoms with Gasteiger partial charge >= 0.3 is 6.09 Å². The number of carbonyl (C=O) groups excluding carboxylic acids is 2. The SMILES string of the molecule is C=CCOC(=O)NCC(C)(C)C(=O)SCCO. The minimum Gasteiger partial charge on any atom is -0.445 e. The molecule has 0 aromatic heterocycles. The Hall–Kier alpha value is -1.01. The van der Waals surface area contributed by atoms with E-state index in [1.807, 2.05) is 0 Å². The predicted octanol–water partition coefficient (Wildman–Crippen LogP) is 1.18. The summed E-state index contributed by atoms with van der Waals surface area (Å²) in [6, 6.07) is 0. The summed E-state index contributed by atoms with van der Waals surface area (Å²) in [6.45, 7) is 7.17. The van der Waals surface area contributed by atoms with Crippen molar-refractivity contribution >= 4 is 23.0 Å². The molecule has 0 saturated carbocycles. The molecule has 0 spiro atoms. The van der Waals surface area contributed by atoms with Crippen molar-refractivity contribution in [3.05, 3.63) is 12.7 Å². The number of hydrogen-bond donors (Lipinski definition) is 2. The first kappa shape index (κ1) is 16.0. The molecule has 0 saturated heterocycles. The Bertz CT molecular complexity index is 279. The van der Waals surface area contributed by atoms with E-state index in [9.17, 15) is 9.59 Å². The van der Waals surface area contributed by atoms with Gasteiger partial charge in [0.15, 0.2) is 5.12 Å². The van der Waals surface area contributed by atoms with Gasteiger partial charge in [-0.15, -0.1) is 0 Å². The number of aliphatic hydroxyl groups is 1. The third-order valence-electron chi connectivity index (χ3n) is 1.88. The maximum Gasteiger partial charge on any atom is 0.407 e. The highest BCUT2D eigenvalue weighted by Gasteiger charge is 2.28. The summed E-state index contributed by atoms with van der Waals surface area (Å²) < 4.78 is 4.72. The zero-order chi connectivity index (χ0) is 13.3. The monoisotopic (exact) mass is 261 g/mol. The minimum atomic E-state index is -0.687. The van der Waals surface area contributed by atoms with Gasteiger partial charge in [-0.2, -0.15) is 0 Å². The van der Waals surface area contributed by atoms with E-state index in [4.69, 9.17) is 9.84 Å². The lowest BCUT2D eigenvalue weighted by atomic mass is 9.96. The van der Waals surface area contributed by atoms with Crippen LogP contribution in [0.2, 0.25) is 0 Å². The molecule has 0 rings (SSSR count). The average molecular weight is 261 g/mol. The molecule has 0 bridgehead atoms. The second kappa shape index (κ2) is 8.14. The van der Waals surface area contributed by atoms with E-state index in [0.29, 0.717) is 5.75 Å². The van der Waals surface area contributed by atoms with Crippen molar-refractivity contribution in [3.8, 4) is 0 Å². The molecule has 98 valence electrons. The van der Waals surface area contributed by atoms with Crippen molar-refractivity contribution in [2.75, 3.05) is 25.5 Å². The molecule has 6 heteroatoms. The minimum absolute atomic E-state index is 0.0404. The Morgan fingerprint density at radius 1 is 1.53 bits per heavy atom. The third-order valence-corrected chi connectivity index (χ3v) is 3.09. The predicted molar refractivity (Wildman–Crippen MR) is 67.9 cm³/mol. The van der Waals surface area contributed by atoms with Crippen LogP contribution in [0.25, 0.3) is 0 Å². The maximum atomic E-state index is 11.7. The Labute approximate surface area is 106 Å². The maximum absolute atomic E-state index is 11.7. The summed E-state index contributed by atoms with van der Waals surface area (Å²) >= 11 is 1.06. The molecule has 0 heterocycles. The van der Waals surface area contributed by atoms with Gasteiger partial charge in [0.1, 0.15) is 6.61 Å². The van der Waals surface area contributed by atoms with E-state index < -0.39 is 11.5 Å². The lowest BCUT2D eigenvalue weighted by molar-refractivity contribution is -0.117. The highest BCUT2D eigenvalue weighted by Crippen LogP contribution is 2.22. The van der Waals surface area contributed by atoms with Crippen molar-refractivity contribution in [2.24, 2.45) is 5.41 Å². The number of nitrogens with one attached hydrogen (secondary N) is 1. The summed E-state index contributed by atoms with van der Waals surface area (Å²) in [5, 5.41) is 11.1. The summed E-state index contributed by atoms with van der Waals surface area (Å²) in [5.41, 5.74) is -0.687. The van der Waals surface area contributed by atoms with Crippen LogP contribution in [0.5, 0.6) is 0 Å². The molecule has 5 nitrogen and oxygen atoms in total. The second-order valence-electron chi connectivity index (χ2n) is 3.98. The van der Waals surface area contributed by atoms with Crippen LogP contribution in [0.4, 0.5) is 4.79 Å². The van der Waals surface area contributed by atoms with Gasteiger partial charge < -0.3 is 15.2 Å². The van der Waals surface area contributed by atoms with Crippen molar-refractivity contribution in [1.29, 1.82) is 0 Å². The molecule has 0 atom stereocenters. The molecule has 0 radical (unpaired) electrons. The second-order valence-corrected chi connectivity index (χ2v) is 5.05. The number of aliphatic hydroxyl groups excluding tert-OH is 1. The van der Waals surface area contributed by atoms with Crippen molar-refractivity contribution in [3.63, 3.8) is 0 Å². The van der Waals surface area contributed by atoms with E-state index in [1.165, 1.54) is 6.08 Å². The Morgan fingerprint density at radius 3 is 2.71 bits per heavy atom. The highest BCUT2D eigenvalue weighted by atomic mass is 32.2. The first-order valence-electron chi connectivity index (χ1n) is 5.23. The van der Waals surface area contributed by atoms with Crippen LogP contribution < -0.4 is 5.32 Å². The number of rotatable bonds is 7. The lowest BCUT2D eigenvalue weighted by Crippen LogP contribution is -2.38. The third kappa shape index (κ3) is 7.01. The number of thioether (sulfide) groups is 1. The molecular weight excluding hydrogens is 242 g/mol. The fourth-order valence-corrected chi connectivity index (χ4v) is 1.62. The first-order valence-corrected chi connectivity index (χ1v) is 6.22. The van der Waals surface area contributed by atoms with E-state index in [1.54, 1.807) is 13.8 Å². The van der Waals surface area contributed by atoms with Gasteiger partial charge in [-0.3, -0.25) is 4.79 Å². The summed E-state index contributed by atoms with van der Waals surface area (Å²) in [6.07, 6.45) is 0.894. The number of ether oxygens (including phenoxy) is 1. The molecule has 17 heavy (non-hydrogen) atoms. The smallest absolute Gasteiger partial charge is 0.407 e. The fraction of sp³-hybridized carbons (Fsp3) is 0.636. The van der Waals surface area contributed by atoms with Crippen LogP contribution in [0.3, 0.4) is 0 Å². The van der Waals surface area contributed by atoms with Crippen LogP contribution in [0, 0.1) is 5.41 Å². The first-order chi connectivity index (χ1) is 7.94. The molecule has 0 aliphatic heterocycles.